The molecule has 0 bridgehead atoms. The molecule has 0 fully saturated rings. The molecule has 0 aromatic heterocycles. The Bertz CT molecular complexity index is 131. The van der Waals surface area contributed by atoms with E-state index < -0.39 is 0 Å². The predicted molar refractivity (Wildman–Crippen MR) is 55.7 cm³/mol. The Morgan fingerprint density at radius 3 is 1.64 bits per heavy atom. The number of hydrogen-bond acceptors (Lipinski definition) is 0. The lowest BCUT2D eigenvalue weighted by Gasteiger charge is -2.30. The summed E-state index contributed by atoms with van der Waals surface area (Å²) in [4.78, 5) is 2.33. The summed E-state index contributed by atoms with van der Waals surface area (Å²) >= 11 is 0. The zero-order valence-electron chi connectivity index (χ0n) is 8.36. The number of nitrogens with zero attached hydrogens (tertiary/aromatic N) is 1. The van der Waals surface area contributed by atoms with E-state index in [4.69, 9.17) is 0 Å². The average molecular weight is 173 g/mol. The molecule has 0 heterocycles. The molecular weight excluding hydrogens is 153 g/mol. The average Bonchev–Trinajstić information content (AvgIpc) is 1.88. The van der Waals surface area contributed by atoms with Crippen LogP contribution < -0.4 is 0 Å². The zero-order chi connectivity index (χ0) is 9.07. The van der Waals surface area contributed by atoms with Gasteiger partial charge in [0, 0.05) is 23.9 Å². The summed E-state index contributed by atoms with van der Waals surface area (Å²) in [5.41, 5.74) is 1.53. The molecule has 0 aliphatic heterocycles. The minimum atomic E-state index is 0.239. The maximum absolute atomic E-state index is 3.68. The van der Waals surface area contributed by atoms with E-state index >= 15 is 0 Å². The van der Waals surface area contributed by atoms with Crippen molar-refractivity contribution in [2.75, 3.05) is 13.1 Å². The molecule has 0 rings (SSSR count). The van der Waals surface area contributed by atoms with Crippen LogP contribution in [0.15, 0.2) is 0 Å². The Balaban J connectivity index is 4.22. The van der Waals surface area contributed by atoms with Crippen molar-refractivity contribution in [2.24, 2.45) is 5.41 Å². The Morgan fingerprint density at radius 2 is 1.55 bits per heavy atom. The molecule has 2 heteroatoms. The van der Waals surface area contributed by atoms with Crippen LogP contribution in [0.5, 0.6) is 0 Å². The first-order chi connectivity index (χ1) is 4.93. The van der Waals surface area contributed by atoms with Crippen molar-refractivity contribution in [3.63, 3.8) is 0 Å². The van der Waals surface area contributed by atoms with Crippen molar-refractivity contribution in [1.82, 2.24) is 4.90 Å². The lowest BCUT2D eigenvalue weighted by Crippen LogP contribution is -2.37. The monoisotopic (exact) mass is 173 g/mol. The molecular formula is C9H20NP. The van der Waals surface area contributed by atoms with Gasteiger partial charge in [-0.3, -0.25) is 4.90 Å². The van der Waals surface area contributed by atoms with Gasteiger partial charge in [0.2, 0.25) is 0 Å². The van der Waals surface area contributed by atoms with Gasteiger partial charge in [0.15, 0.2) is 0 Å². The molecule has 66 valence electrons. The highest BCUT2D eigenvalue weighted by Gasteiger charge is 2.19. The topological polar surface area (TPSA) is 3.24 Å². The first kappa shape index (κ1) is 11.1. The fourth-order valence-corrected chi connectivity index (χ4v) is 1.33. The first-order valence-corrected chi connectivity index (χ1v) is 4.77. The molecule has 0 aromatic rings. The maximum Gasteiger partial charge on any atom is 0.0198 e. The van der Waals surface area contributed by atoms with Gasteiger partial charge in [-0.25, -0.2) is 0 Å². The standard InChI is InChI=1S/C9H20NP/c1-6-10(7-2)8(11)9(3,4)5/h11H,6-7H2,1-5H3. The van der Waals surface area contributed by atoms with Crippen LogP contribution in [-0.2, 0) is 0 Å². The van der Waals surface area contributed by atoms with Crippen LogP contribution >= 0.6 is 8.86 Å². The summed E-state index contributed by atoms with van der Waals surface area (Å²) in [6.07, 6.45) is 0. The van der Waals surface area contributed by atoms with E-state index in [1.54, 1.807) is 0 Å². The highest BCUT2D eigenvalue weighted by atomic mass is 31.0. The summed E-state index contributed by atoms with van der Waals surface area (Å²) in [5.74, 6) is 0. The molecule has 11 heavy (non-hydrogen) atoms. The van der Waals surface area contributed by atoms with Gasteiger partial charge in [-0.05, 0) is 0 Å². The van der Waals surface area contributed by atoms with E-state index in [2.05, 4.69) is 48.4 Å². The van der Waals surface area contributed by atoms with Gasteiger partial charge in [-0.15, -0.1) is 8.86 Å². The van der Waals surface area contributed by atoms with E-state index in [9.17, 15) is 0 Å². The van der Waals surface area contributed by atoms with E-state index in [-0.39, 0.29) is 5.41 Å². The third kappa shape index (κ3) is 3.35. The Labute approximate surface area is 73.0 Å². The van der Waals surface area contributed by atoms with Crippen LogP contribution in [0.2, 0.25) is 0 Å². The molecule has 0 N–H and O–H groups in total. The van der Waals surface area contributed by atoms with Gasteiger partial charge in [0.25, 0.3) is 0 Å². The molecule has 0 unspecified atom stereocenters. The van der Waals surface area contributed by atoms with E-state index in [1.165, 1.54) is 5.42 Å². The van der Waals surface area contributed by atoms with Crippen LogP contribution in [0.4, 0.5) is 0 Å². The van der Waals surface area contributed by atoms with Crippen molar-refractivity contribution in [2.45, 2.75) is 34.6 Å². The largest absolute Gasteiger partial charge is 0.275 e. The molecule has 0 amide bonds. The SMILES string of the molecule is CCN(CC)C(=P)C(C)(C)C. The third-order valence-corrected chi connectivity index (χ3v) is 2.86. The molecule has 0 aromatic carbocycles. The van der Waals surface area contributed by atoms with Crippen molar-refractivity contribution in [1.29, 1.82) is 0 Å². The fraction of sp³-hybridized carbons (Fsp3) is 0.889. The van der Waals surface area contributed by atoms with Crippen molar-refractivity contribution in [3.05, 3.63) is 0 Å². The normalized spacial score (nSPS) is 12.2. The fourth-order valence-electron chi connectivity index (χ4n) is 1.01. The van der Waals surface area contributed by atoms with Gasteiger partial charge in [0.05, 0.1) is 0 Å². The van der Waals surface area contributed by atoms with Crippen molar-refractivity contribution < 1.29 is 0 Å². The lowest BCUT2D eigenvalue weighted by atomic mass is 9.96. The molecule has 0 saturated carbocycles. The van der Waals surface area contributed by atoms with Crippen LogP contribution in [0.25, 0.3) is 0 Å². The van der Waals surface area contributed by atoms with Gasteiger partial charge >= 0.3 is 0 Å². The Kier molecular flexibility index (Phi) is 4.28. The van der Waals surface area contributed by atoms with Crippen LogP contribution in [-0.4, -0.2) is 23.4 Å². The van der Waals surface area contributed by atoms with Crippen molar-refractivity contribution >= 4 is 14.3 Å². The van der Waals surface area contributed by atoms with Crippen LogP contribution in [0, 0.1) is 5.41 Å². The highest BCUT2D eigenvalue weighted by Crippen LogP contribution is 2.19. The lowest BCUT2D eigenvalue weighted by molar-refractivity contribution is 0.412. The smallest absolute Gasteiger partial charge is 0.0198 e. The summed E-state index contributed by atoms with van der Waals surface area (Å²) in [6.45, 7) is 13.2. The quantitative estimate of drug-likeness (QED) is 0.593. The molecule has 0 saturated heterocycles. The summed E-state index contributed by atoms with van der Waals surface area (Å²) < 4.78 is 0. The molecule has 0 aliphatic carbocycles. The summed E-state index contributed by atoms with van der Waals surface area (Å²) in [7, 11) is 3.68. The van der Waals surface area contributed by atoms with E-state index in [0.29, 0.717) is 0 Å². The van der Waals surface area contributed by atoms with Gasteiger partial charge in [0.1, 0.15) is 0 Å². The number of hydrogen-bond donors (Lipinski definition) is 0. The van der Waals surface area contributed by atoms with E-state index in [0.717, 1.165) is 13.1 Å². The van der Waals surface area contributed by atoms with Gasteiger partial charge in [-0.2, -0.15) is 0 Å². The van der Waals surface area contributed by atoms with Gasteiger partial charge < -0.3 is 0 Å². The van der Waals surface area contributed by atoms with E-state index in [1.807, 2.05) is 0 Å². The minimum absolute atomic E-state index is 0.239. The molecule has 0 atom stereocenters. The second-order valence-corrected chi connectivity index (χ2v) is 4.24. The van der Waals surface area contributed by atoms with Crippen LogP contribution in [0.3, 0.4) is 0 Å². The van der Waals surface area contributed by atoms with Gasteiger partial charge in [-0.1, -0.05) is 34.6 Å². The second-order valence-electron chi connectivity index (χ2n) is 3.77. The summed E-state index contributed by atoms with van der Waals surface area (Å²) in [5, 5.41) is 0. The van der Waals surface area contributed by atoms with Crippen molar-refractivity contribution in [3.8, 4) is 0 Å². The second kappa shape index (κ2) is 4.23. The highest BCUT2D eigenvalue weighted by molar-refractivity contribution is 7.21. The molecule has 0 spiro atoms. The van der Waals surface area contributed by atoms with Crippen LogP contribution in [0.1, 0.15) is 34.6 Å². The number of rotatable bonds is 3. The first-order valence-electron chi connectivity index (χ1n) is 4.27. The zero-order valence-corrected chi connectivity index (χ0v) is 9.36. The molecule has 1 nitrogen and oxygen atoms in total. The maximum atomic E-state index is 3.68. The molecule has 0 radical (unpaired) electrons. The Hall–Kier alpha value is 0.130. The minimum Gasteiger partial charge on any atom is -0.275 e. The predicted octanol–water partition coefficient (Wildman–Crippen LogP) is 2.65. The summed E-state index contributed by atoms with van der Waals surface area (Å²) in [6, 6.07) is 0. The molecule has 0 aliphatic rings. The Morgan fingerprint density at radius 1 is 1.18 bits per heavy atom. The third-order valence-electron chi connectivity index (χ3n) is 1.79.